The van der Waals surface area contributed by atoms with Crippen molar-refractivity contribution >= 4 is 15.9 Å². The molecule has 0 bridgehead atoms. The van der Waals surface area contributed by atoms with Gasteiger partial charge in [-0.2, -0.15) is 5.10 Å². The molecule has 0 radical (unpaired) electrons. The highest BCUT2D eigenvalue weighted by molar-refractivity contribution is 9.10. The summed E-state index contributed by atoms with van der Waals surface area (Å²) < 4.78 is 3.19. The SMILES string of the molecule is CCc1nn(C)c(CN(CC)CC(C)C)c1Br. The molecule has 0 saturated heterocycles. The van der Waals surface area contributed by atoms with E-state index in [-0.39, 0.29) is 0 Å². The van der Waals surface area contributed by atoms with Gasteiger partial charge in [0.2, 0.25) is 0 Å². The van der Waals surface area contributed by atoms with E-state index in [1.54, 1.807) is 0 Å². The molecule has 0 aliphatic carbocycles. The fourth-order valence-electron chi connectivity index (χ4n) is 2.03. The first-order valence-corrected chi connectivity index (χ1v) is 7.21. The fraction of sp³-hybridized carbons (Fsp3) is 0.769. The van der Waals surface area contributed by atoms with Crippen LogP contribution in [0.25, 0.3) is 0 Å². The first kappa shape index (κ1) is 14.7. The third kappa shape index (κ3) is 3.81. The Kier molecular flexibility index (Phi) is 5.67. The Hall–Kier alpha value is -0.350. The minimum Gasteiger partial charge on any atom is -0.298 e. The summed E-state index contributed by atoms with van der Waals surface area (Å²) in [4.78, 5) is 2.46. The molecule has 0 unspecified atom stereocenters. The molecule has 3 nitrogen and oxygen atoms in total. The van der Waals surface area contributed by atoms with Gasteiger partial charge in [-0.15, -0.1) is 0 Å². The average molecular weight is 302 g/mol. The second-order valence-corrected chi connectivity index (χ2v) is 5.70. The Morgan fingerprint density at radius 3 is 2.41 bits per heavy atom. The van der Waals surface area contributed by atoms with Gasteiger partial charge in [-0.3, -0.25) is 9.58 Å². The predicted octanol–water partition coefficient (Wildman–Crippen LogP) is 3.22. The van der Waals surface area contributed by atoms with Crippen LogP contribution in [0.1, 0.15) is 39.1 Å². The third-order valence-corrected chi connectivity index (χ3v) is 3.86. The molecule has 0 aliphatic heterocycles. The average Bonchev–Trinajstić information content (AvgIpc) is 2.54. The van der Waals surface area contributed by atoms with Gasteiger partial charge in [-0.05, 0) is 34.8 Å². The second-order valence-electron chi connectivity index (χ2n) is 4.91. The molecular weight excluding hydrogens is 278 g/mol. The lowest BCUT2D eigenvalue weighted by molar-refractivity contribution is 0.242. The standard InChI is InChI=1S/C13H24BrN3/c1-6-11-13(14)12(16(5)15-11)9-17(7-2)8-10(3)4/h10H,6-9H2,1-5H3. The van der Waals surface area contributed by atoms with Crippen molar-refractivity contribution in [2.75, 3.05) is 13.1 Å². The van der Waals surface area contributed by atoms with E-state index in [9.17, 15) is 0 Å². The van der Waals surface area contributed by atoms with Crippen LogP contribution in [0.3, 0.4) is 0 Å². The topological polar surface area (TPSA) is 21.1 Å². The van der Waals surface area contributed by atoms with Gasteiger partial charge >= 0.3 is 0 Å². The second kappa shape index (κ2) is 6.55. The van der Waals surface area contributed by atoms with Gasteiger partial charge in [0.15, 0.2) is 0 Å². The van der Waals surface area contributed by atoms with Crippen LogP contribution in [0, 0.1) is 5.92 Å². The Bertz CT molecular complexity index is 358. The molecule has 0 aliphatic rings. The van der Waals surface area contributed by atoms with Crippen molar-refractivity contribution in [2.24, 2.45) is 13.0 Å². The highest BCUT2D eigenvalue weighted by Gasteiger charge is 2.15. The third-order valence-electron chi connectivity index (χ3n) is 2.95. The molecule has 0 aromatic carbocycles. The molecule has 98 valence electrons. The summed E-state index contributed by atoms with van der Waals surface area (Å²) >= 11 is 3.68. The first-order chi connectivity index (χ1) is 7.99. The molecule has 0 atom stereocenters. The molecule has 1 rings (SSSR count). The molecule has 0 spiro atoms. The Morgan fingerprint density at radius 1 is 1.35 bits per heavy atom. The van der Waals surface area contributed by atoms with Crippen LogP contribution in [0.5, 0.6) is 0 Å². The van der Waals surface area contributed by atoms with Crippen LogP contribution in [-0.4, -0.2) is 27.8 Å². The number of aromatic nitrogens is 2. The quantitative estimate of drug-likeness (QED) is 0.804. The van der Waals surface area contributed by atoms with Gasteiger partial charge in [-0.1, -0.05) is 27.7 Å². The minimum atomic E-state index is 0.701. The number of hydrogen-bond donors (Lipinski definition) is 0. The Balaban J connectivity index is 2.82. The van der Waals surface area contributed by atoms with Crippen LogP contribution in [0.4, 0.5) is 0 Å². The van der Waals surface area contributed by atoms with E-state index in [4.69, 9.17) is 0 Å². The maximum atomic E-state index is 4.54. The van der Waals surface area contributed by atoms with E-state index >= 15 is 0 Å². The van der Waals surface area contributed by atoms with E-state index in [2.05, 4.69) is 53.6 Å². The largest absolute Gasteiger partial charge is 0.298 e. The van der Waals surface area contributed by atoms with Gasteiger partial charge in [0.05, 0.1) is 15.9 Å². The summed E-state index contributed by atoms with van der Waals surface area (Å²) in [5.41, 5.74) is 2.44. The van der Waals surface area contributed by atoms with Crippen molar-refractivity contribution in [2.45, 2.75) is 40.7 Å². The number of halogens is 1. The zero-order chi connectivity index (χ0) is 13.0. The lowest BCUT2D eigenvalue weighted by atomic mass is 10.2. The molecule has 0 fully saturated rings. The van der Waals surface area contributed by atoms with E-state index in [0.717, 1.165) is 31.7 Å². The van der Waals surface area contributed by atoms with Gasteiger partial charge in [0.25, 0.3) is 0 Å². The lowest BCUT2D eigenvalue weighted by Crippen LogP contribution is -2.28. The zero-order valence-electron chi connectivity index (χ0n) is 11.6. The van der Waals surface area contributed by atoms with Gasteiger partial charge in [-0.25, -0.2) is 0 Å². The van der Waals surface area contributed by atoms with Crippen LogP contribution < -0.4 is 0 Å². The van der Waals surface area contributed by atoms with Crippen molar-refractivity contribution < 1.29 is 0 Å². The monoisotopic (exact) mass is 301 g/mol. The predicted molar refractivity (Wildman–Crippen MR) is 76.1 cm³/mol. The highest BCUT2D eigenvalue weighted by Crippen LogP contribution is 2.23. The normalized spacial score (nSPS) is 11.8. The Morgan fingerprint density at radius 2 is 2.00 bits per heavy atom. The molecule has 1 heterocycles. The fourth-order valence-corrected chi connectivity index (χ4v) is 2.77. The van der Waals surface area contributed by atoms with Crippen LogP contribution in [-0.2, 0) is 20.0 Å². The van der Waals surface area contributed by atoms with Crippen LogP contribution >= 0.6 is 15.9 Å². The number of nitrogens with zero attached hydrogens (tertiary/aromatic N) is 3. The maximum absolute atomic E-state index is 4.54. The number of hydrogen-bond acceptors (Lipinski definition) is 2. The molecule has 0 amide bonds. The Labute approximate surface area is 113 Å². The summed E-state index contributed by atoms with van der Waals surface area (Å²) in [5, 5.41) is 4.54. The zero-order valence-corrected chi connectivity index (χ0v) is 13.2. The van der Waals surface area contributed by atoms with Crippen molar-refractivity contribution in [3.05, 3.63) is 15.9 Å². The van der Waals surface area contributed by atoms with Crippen LogP contribution in [0.15, 0.2) is 4.47 Å². The van der Waals surface area contributed by atoms with Gasteiger partial charge in [0.1, 0.15) is 0 Å². The maximum Gasteiger partial charge on any atom is 0.0767 e. The van der Waals surface area contributed by atoms with Crippen molar-refractivity contribution in [3.8, 4) is 0 Å². The molecule has 4 heteroatoms. The lowest BCUT2D eigenvalue weighted by Gasteiger charge is -2.22. The van der Waals surface area contributed by atoms with E-state index in [1.807, 2.05) is 11.7 Å². The summed E-state index contributed by atoms with van der Waals surface area (Å²) in [5.74, 6) is 0.701. The summed E-state index contributed by atoms with van der Waals surface area (Å²) in [6, 6.07) is 0. The van der Waals surface area contributed by atoms with Gasteiger partial charge in [0, 0.05) is 20.1 Å². The summed E-state index contributed by atoms with van der Waals surface area (Å²) in [6.45, 7) is 12.1. The van der Waals surface area contributed by atoms with E-state index in [1.165, 1.54) is 10.2 Å². The molecule has 1 aromatic rings. The molecule has 0 N–H and O–H groups in total. The van der Waals surface area contributed by atoms with Crippen molar-refractivity contribution in [3.63, 3.8) is 0 Å². The van der Waals surface area contributed by atoms with Crippen molar-refractivity contribution in [1.82, 2.24) is 14.7 Å². The number of rotatable bonds is 6. The molecule has 17 heavy (non-hydrogen) atoms. The summed E-state index contributed by atoms with van der Waals surface area (Å²) in [6.07, 6.45) is 0.977. The van der Waals surface area contributed by atoms with Crippen molar-refractivity contribution in [1.29, 1.82) is 0 Å². The van der Waals surface area contributed by atoms with Gasteiger partial charge < -0.3 is 0 Å². The van der Waals surface area contributed by atoms with Crippen LogP contribution in [0.2, 0.25) is 0 Å². The highest BCUT2D eigenvalue weighted by atomic mass is 79.9. The molecule has 0 saturated carbocycles. The summed E-state index contributed by atoms with van der Waals surface area (Å²) in [7, 11) is 2.03. The smallest absolute Gasteiger partial charge is 0.0767 e. The number of aryl methyl sites for hydroxylation is 2. The van der Waals surface area contributed by atoms with E-state index < -0.39 is 0 Å². The molecular formula is C13H24BrN3. The first-order valence-electron chi connectivity index (χ1n) is 6.42. The molecule has 1 aromatic heterocycles. The minimum absolute atomic E-state index is 0.701. The van der Waals surface area contributed by atoms with E-state index in [0.29, 0.717) is 5.92 Å².